The van der Waals surface area contributed by atoms with Gasteiger partial charge in [-0.25, -0.2) is 0 Å². The van der Waals surface area contributed by atoms with E-state index in [2.05, 4.69) is 10.1 Å². The molecule has 1 aliphatic rings. The van der Waals surface area contributed by atoms with Crippen molar-refractivity contribution in [3.05, 3.63) is 24.3 Å². The second-order valence-electron chi connectivity index (χ2n) is 4.72. The van der Waals surface area contributed by atoms with E-state index in [1.54, 1.807) is 19.2 Å². The molecule has 106 valence electrons. The van der Waals surface area contributed by atoms with Crippen LogP contribution in [0.1, 0.15) is 25.7 Å². The van der Waals surface area contributed by atoms with Crippen LogP contribution in [-0.4, -0.2) is 25.9 Å². The first-order valence-corrected chi connectivity index (χ1v) is 6.53. The molecule has 0 amide bonds. The Morgan fingerprint density at radius 1 is 1.26 bits per heavy atom. The molecule has 2 rings (SSSR count). The highest BCUT2D eigenvalue weighted by Crippen LogP contribution is 2.26. The molecular weight excluding hydrogens is 252 g/mol. The summed E-state index contributed by atoms with van der Waals surface area (Å²) in [6, 6.07) is 6.88. The van der Waals surface area contributed by atoms with E-state index >= 15 is 0 Å². The SMILES string of the molecule is COC1CCCCC1Nc1cccc(OC(F)F)c1. The van der Waals surface area contributed by atoms with Gasteiger partial charge in [-0.05, 0) is 25.0 Å². The Hall–Kier alpha value is -1.36. The van der Waals surface area contributed by atoms with Gasteiger partial charge in [0.2, 0.25) is 0 Å². The number of ether oxygens (including phenoxy) is 2. The molecule has 1 saturated carbocycles. The molecule has 2 unspecified atom stereocenters. The minimum absolute atomic E-state index is 0.171. The number of methoxy groups -OCH3 is 1. The van der Waals surface area contributed by atoms with Crippen LogP contribution in [0.5, 0.6) is 5.75 Å². The average Bonchev–Trinajstić information content (AvgIpc) is 2.39. The molecule has 19 heavy (non-hydrogen) atoms. The number of halogens is 2. The topological polar surface area (TPSA) is 30.5 Å². The van der Waals surface area contributed by atoms with Crippen molar-refractivity contribution in [1.29, 1.82) is 0 Å². The van der Waals surface area contributed by atoms with Crippen LogP contribution >= 0.6 is 0 Å². The summed E-state index contributed by atoms with van der Waals surface area (Å²) in [5.41, 5.74) is 0.784. The molecule has 2 atom stereocenters. The largest absolute Gasteiger partial charge is 0.435 e. The van der Waals surface area contributed by atoms with Crippen molar-refractivity contribution in [2.24, 2.45) is 0 Å². The maximum absolute atomic E-state index is 12.2. The van der Waals surface area contributed by atoms with Crippen LogP contribution in [0.25, 0.3) is 0 Å². The van der Waals surface area contributed by atoms with Crippen molar-refractivity contribution in [2.45, 2.75) is 44.4 Å². The van der Waals surface area contributed by atoms with E-state index in [0.29, 0.717) is 0 Å². The first-order chi connectivity index (χ1) is 9.19. The number of nitrogens with one attached hydrogen (secondary N) is 1. The number of anilines is 1. The van der Waals surface area contributed by atoms with Crippen molar-refractivity contribution >= 4 is 5.69 Å². The summed E-state index contributed by atoms with van der Waals surface area (Å²) < 4.78 is 34.2. The third kappa shape index (κ3) is 4.06. The molecule has 3 nitrogen and oxygen atoms in total. The van der Waals surface area contributed by atoms with Crippen molar-refractivity contribution in [1.82, 2.24) is 0 Å². The van der Waals surface area contributed by atoms with Crippen molar-refractivity contribution in [3.8, 4) is 5.75 Å². The lowest BCUT2D eigenvalue weighted by molar-refractivity contribution is -0.0498. The van der Waals surface area contributed by atoms with Crippen LogP contribution in [-0.2, 0) is 4.74 Å². The molecular formula is C14H19F2NO2. The predicted molar refractivity (Wildman–Crippen MR) is 69.7 cm³/mol. The Kier molecular flexibility index (Phi) is 4.96. The molecule has 0 saturated heterocycles. The standard InChI is InChI=1S/C14H19F2NO2/c1-18-13-8-3-2-7-12(13)17-10-5-4-6-11(9-10)19-14(15)16/h4-6,9,12-14,17H,2-3,7-8H2,1H3. The number of hydrogen-bond donors (Lipinski definition) is 1. The lowest BCUT2D eigenvalue weighted by Gasteiger charge is -2.31. The van der Waals surface area contributed by atoms with Crippen LogP contribution in [0.3, 0.4) is 0 Å². The normalized spacial score (nSPS) is 23.4. The molecule has 0 bridgehead atoms. The number of alkyl halides is 2. The summed E-state index contributed by atoms with van der Waals surface area (Å²) in [6.45, 7) is -2.79. The summed E-state index contributed by atoms with van der Waals surface area (Å²) in [6.07, 6.45) is 4.56. The zero-order valence-electron chi connectivity index (χ0n) is 10.9. The minimum Gasteiger partial charge on any atom is -0.435 e. The molecule has 0 radical (unpaired) electrons. The minimum atomic E-state index is -2.79. The third-order valence-corrected chi connectivity index (χ3v) is 3.42. The van der Waals surface area contributed by atoms with Gasteiger partial charge in [0.1, 0.15) is 5.75 Å². The summed E-state index contributed by atoms with van der Waals surface area (Å²) in [5, 5.41) is 3.35. The maximum Gasteiger partial charge on any atom is 0.387 e. The van der Waals surface area contributed by atoms with E-state index in [9.17, 15) is 8.78 Å². The van der Waals surface area contributed by atoms with Gasteiger partial charge in [0.05, 0.1) is 12.1 Å². The smallest absolute Gasteiger partial charge is 0.387 e. The van der Waals surface area contributed by atoms with Crippen molar-refractivity contribution in [3.63, 3.8) is 0 Å². The van der Waals surface area contributed by atoms with Gasteiger partial charge >= 0.3 is 6.61 Å². The van der Waals surface area contributed by atoms with Crippen LogP contribution in [0, 0.1) is 0 Å². The molecule has 1 fully saturated rings. The van der Waals surface area contributed by atoms with Crippen LogP contribution < -0.4 is 10.1 Å². The van der Waals surface area contributed by atoms with Gasteiger partial charge in [0.15, 0.2) is 0 Å². The summed E-state index contributed by atoms with van der Waals surface area (Å²) >= 11 is 0. The maximum atomic E-state index is 12.2. The monoisotopic (exact) mass is 271 g/mol. The van der Waals surface area contributed by atoms with E-state index in [-0.39, 0.29) is 17.9 Å². The lowest BCUT2D eigenvalue weighted by Crippen LogP contribution is -2.37. The fourth-order valence-electron chi connectivity index (χ4n) is 2.52. The van der Waals surface area contributed by atoms with E-state index in [4.69, 9.17) is 4.74 Å². The number of benzene rings is 1. The second kappa shape index (κ2) is 6.70. The first kappa shape index (κ1) is 14.1. The predicted octanol–water partition coefficient (Wildman–Crippen LogP) is 3.66. The first-order valence-electron chi connectivity index (χ1n) is 6.53. The molecule has 0 heterocycles. The fraction of sp³-hybridized carbons (Fsp3) is 0.571. The Balaban J connectivity index is 2.01. The van der Waals surface area contributed by atoms with Gasteiger partial charge in [-0.3, -0.25) is 0 Å². The van der Waals surface area contributed by atoms with Crippen molar-refractivity contribution < 1.29 is 18.3 Å². The summed E-state index contributed by atoms with van der Waals surface area (Å²) in [5.74, 6) is 0.171. The van der Waals surface area contributed by atoms with E-state index < -0.39 is 6.61 Å². The zero-order chi connectivity index (χ0) is 13.7. The van der Waals surface area contributed by atoms with E-state index in [1.165, 1.54) is 12.5 Å². The Morgan fingerprint density at radius 3 is 2.79 bits per heavy atom. The quantitative estimate of drug-likeness (QED) is 0.886. The van der Waals surface area contributed by atoms with Gasteiger partial charge < -0.3 is 14.8 Å². The molecule has 0 aliphatic heterocycles. The second-order valence-corrected chi connectivity index (χ2v) is 4.72. The van der Waals surface area contributed by atoms with Crippen LogP contribution in [0.2, 0.25) is 0 Å². The zero-order valence-corrected chi connectivity index (χ0v) is 10.9. The van der Waals surface area contributed by atoms with Gasteiger partial charge in [0, 0.05) is 18.9 Å². The van der Waals surface area contributed by atoms with Gasteiger partial charge in [-0.2, -0.15) is 8.78 Å². The summed E-state index contributed by atoms with van der Waals surface area (Å²) in [4.78, 5) is 0. The molecule has 0 aromatic heterocycles. The third-order valence-electron chi connectivity index (χ3n) is 3.42. The Morgan fingerprint density at radius 2 is 2.05 bits per heavy atom. The molecule has 1 aromatic carbocycles. The van der Waals surface area contributed by atoms with Crippen LogP contribution in [0.15, 0.2) is 24.3 Å². The van der Waals surface area contributed by atoms with Gasteiger partial charge in [-0.1, -0.05) is 18.9 Å². The van der Waals surface area contributed by atoms with Gasteiger partial charge in [-0.15, -0.1) is 0 Å². The summed E-state index contributed by atoms with van der Waals surface area (Å²) in [7, 11) is 1.71. The van der Waals surface area contributed by atoms with Gasteiger partial charge in [0.25, 0.3) is 0 Å². The fourth-order valence-corrected chi connectivity index (χ4v) is 2.52. The molecule has 5 heteroatoms. The molecule has 1 aromatic rings. The highest BCUT2D eigenvalue weighted by atomic mass is 19.3. The lowest BCUT2D eigenvalue weighted by atomic mass is 9.92. The Labute approximate surface area is 111 Å². The molecule has 1 aliphatic carbocycles. The van der Waals surface area contributed by atoms with Crippen LogP contribution in [0.4, 0.5) is 14.5 Å². The number of rotatable bonds is 5. The Bertz CT molecular complexity index is 401. The molecule has 1 N–H and O–H groups in total. The van der Waals surface area contributed by atoms with E-state index in [0.717, 1.165) is 24.9 Å². The highest BCUT2D eigenvalue weighted by molar-refractivity contribution is 5.49. The average molecular weight is 271 g/mol. The van der Waals surface area contributed by atoms with E-state index in [1.807, 2.05) is 6.07 Å². The number of hydrogen-bond acceptors (Lipinski definition) is 3. The molecule has 0 spiro atoms. The van der Waals surface area contributed by atoms with Crippen molar-refractivity contribution in [2.75, 3.05) is 12.4 Å². The highest BCUT2D eigenvalue weighted by Gasteiger charge is 2.24.